The molecule has 7 heteroatoms. The zero-order chi connectivity index (χ0) is 15.5. The van der Waals surface area contributed by atoms with Gasteiger partial charge in [0, 0.05) is 31.0 Å². The topological polar surface area (TPSA) is 98.2 Å². The van der Waals surface area contributed by atoms with Gasteiger partial charge in [-0.1, -0.05) is 6.07 Å². The molecule has 0 amide bonds. The summed E-state index contributed by atoms with van der Waals surface area (Å²) < 4.78 is 32.7. The van der Waals surface area contributed by atoms with Gasteiger partial charge in [-0.3, -0.25) is 4.98 Å². The molecule has 0 spiro atoms. The van der Waals surface area contributed by atoms with Crippen LogP contribution in [0.25, 0.3) is 0 Å². The molecule has 0 aliphatic rings. The number of aromatic nitrogens is 1. The highest BCUT2D eigenvalue weighted by Crippen LogP contribution is 2.25. The minimum atomic E-state index is -3.63. The number of hydrogen-bond acceptors (Lipinski definition) is 5. The zero-order valence-corrected chi connectivity index (χ0v) is 12.9. The first-order valence-corrected chi connectivity index (χ1v) is 8.11. The predicted octanol–water partition coefficient (Wildman–Crippen LogP) is 1.27. The van der Waals surface area contributed by atoms with Crippen molar-refractivity contribution in [3.63, 3.8) is 0 Å². The van der Waals surface area contributed by atoms with E-state index in [0.717, 1.165) is 5.56 Å². The number of sulfonamides is 1. The van der Waals surface area contributed by atoms with Crippen molar-refractivity contribution in [1.82, 2.24) is 9.71 Å². The SMILES string of the molecule is Cc1oc(C)c(S(=O)(=O)NCCc2cccnc2)c1CN. The van der Waals surface area contributed by atoms with Crippen LogP contribution in [0.4, 0.5) is 0 Å². The van der Waals surface area contributed by atoms with Crippen LogP contribution < -0.4 is 10.5 Å². The number of rotatable bonds is 6. The molecule has 2 rings (SSSR count). The lowest BCUT2D eigenvalue weighted by molar-refractivity contribution is 0.494. The Morgan fingerprint density at radius 1 is 1.33 bits per heavy atom. The average molecular weight is 309 g/mol. The molecule has 0 aliphatic heterocycles. The monoisotopic (exact) mass is 309 g/mol. The number of hydrogen-bond donors (Lipinski definition) is 2. The molecular formula is C14H19N3O3S. The summed E-state index contributed by atoms with van der Waals surface area (Å²) >= 11 is 0. The third kappa shape index (κ3) is 3.49. The van der Waals surface area contributed by atoms with Crippen molar-refractivity contribution in [2.24, 2.45) is 5.73 Å². The first-order chi connectivity index (χ1) is 9.95. The number of pyridine rings is 1. The minimum absolute atomic E-state index is 0.127. The molecule has 0 unspecified atom stereocenters. The number of nitrogens with two attached hydrogens (primary N) is 1. The number of nitrogens with zero attached hydrogens (tertiary/aromatic N) is 1. The third-order valence-electron chi connectivity index (χ3n) is 3.23. The van der Waals surface area contributed by atoms with Gasteiger partial charge in [0.15, 0.2) is 0 Å². The van der Waals surface area contributed by atoms with E-state index in [9.17, 15) is 8.42 Å². The van der Waals surface area contributed by atoms with Crippen molar-refractivity contribution in [2.75, 3.05) is 6.54 Å². The van der Waals surface area contributed by atoms with Crippen LogP contribution in [0.15, 0.2) is 33.8 Å². The summed E-state index contributed by atoms with van der Waals surface area (Å²) in [6.07, 6.45) is 3.96. The number of aryl methyl sites for hydroxylation is 2. The van der Waals surface area contributed by atoms with Gasteiger partial charge in [-0.05, 0) is 31.9 Å². The standard InChI is InChI=1S/C14H19N3O3S/c1-10-13(8-15)14(11(2)20-10)21(18,19)17-7-5-12-4-3-6-16-9-12/h3-4,6,9,17H,5,7-8,15H2,1-2H3. The summed E-state index contributed by atoms with van der Waals surface area (Å²) in [6, 6.07) is 3.72. The van der Waals surface area contributed by atoms with Crippen molar-refractivity contribution in [2.45, 2.75) is 31.7 Å². The molecule has 0 bridgehead atoms. The van der Waals surface area contributed by atoms with Crippen LogP contribution in [0.1, 0.15) is 22.6 Å². The van der Waals surface area contributed by atoms with Crippen LogP contribution in [0.5, 0.6) is 0 Å². The lowest BCUT2D eigenvalue weighted by atomic mass is 10.2. The first-order valence-electron chi connectivity index (χ1n) is 6.63. The molecule has 0 aliphatic carbocycles. The highest BCUT2D eigenvalue weighted by atomic mass is 32.2. The van der Waals surface area contributed by atoms with E-state index in [1.165, 1.54) is 0 Å². The van der Waals surface area contributed by atoms with Gasteiger partial charge < -0.3 is 10.2 Å². The Hall–Kier alpha value is -1.70. The smallest absolute Gasteiger partial charge is 0.244 e. The molecule has 0 radical (unpaired) electrons. The molecule has 0 atom stereocenters. The second-order valence-corrected chi connectivity index (χ2v) is 6.44. The highest BCUT2D eigenvalue weighted by Gasteiger charge is 2.25. The summed E-state index contributed by atoms with van der Waals surface area (Å²) in [5.74, 6) is 0.907. The molecule has 6 nitrogen and oxygen atoms in total. The maximum absolute atomic E-state index is 12.4. The Morgan fingerprint density at radius 3 is 2.71 bits per heavy atom. The van der Waals surface area contributed by atoms with Crippen molar-refractivity contribution in [3.8, 4) is 0 Å². The van der Waals surface area contributed by atoms with E-state index in [1.54, 1.807) is 26.2 Å². The van der Waals surface area contributed by atoms with Gasteiger partial charge in [0.2, 0.25) is 10.0 Å². The molecule has 2 aromatic rings. The normalized spacial score (nSPS) is 11.8. The molecule has 2 aromatic heterocycles. The number of nitrogens with one attached hydrogen (secondary N) is 1. The average Bonchev–Trinajstić information content (AvgIpc) is 2.74. The van der Waals surface area contributed by atoms with E-state index in [1.807, 2.05) is 12.1 Å². The molecule has 0 fully saturated rings. The van der Waals surface area contributed by atoms with Crippen LogP contribution >= 0.6 is 0 Å². The fourth-order valence-corrected chi connectivity index (χ4v) is 3.73. The van der Waals surface area contributed by atoms with Gasteiger partial charge in [0.05, 0.1) is 0 Å². The Labute approximate surface area is 124 Å². The van der Waals surface area contributed by atoms with Crippen molar-refractivity contribution >= 4 is 10.0 Å². The summed E-state index contributed by atoms with van der Waals surface area (Å²) in [6.45, 7) is 3.76. The first kappa shape index (κ1) is 15.7. The zero-order valence-electron chi connectivity index (χ0n) is 12.1. The Balaban J connectivity index is 2.12. The summed E-state index contributed by atoms with van der Waals surface area (Å²) in [4.78, 5) is 4.15. The molecule has 0 saturated heterocycles. The van der Waals surface area contributed by atoms with E-state index in [0.29, 0.717) is 30.0 Å². The van der Waals surface area contributed by atoms with E-state index < -0.39 is 10.0 Å². The van der Waals surface area contributed by atoms with Gasteiger partial charge in [0.25, 0.3) is 0 Å². The second kappa shape index (κ2) is 6.38. The van der Waals surface area contributed by atoms with E-state index in [4.69, 9.17) is 10.2 Å². The maximum atomic E-state index is 12.4. The molecule has 2 heterocycles. The van der Waals surface area contributed by atoms with Gasteiger partial charge in [-0.2, -0.15) is 0 Å². The quantitative estimate of drug-likeness (QED) is 0.837. The fourth-order valence-electron chi connectivity index (χ4n) is 2.25. The van der Waals surface area contributed by atoms with Crippen molar-refractivity contribution < 1.29 is 12.8 Å². The Kier molecular flexibility index (Phi) is 4.76. The van der Waals surface area contributed by atoms with Crippen molar-refractivity contribution in [1.29, 1.82) is 0 Å². The van der Waals surface area contributed by atoms with Gasteiger partial charge in [0.1, 0.15) is 16.4 Å². The third-order valence-corrected chi connectivity index (χ3v) is 4.88. The maximum Gasteiger partial charge on any atom is 0.244 e. The Morgan fingerprint density at radius 2 is 2.10 bits per heavy atom. The molecule has 0 saturated carbocycles. The largest absolute Gasteiger partial charge is 0.465 e. The predicted molar refractivity (Wildman–Crippen MR) is 79.2 cm³/mol. The molecule has 0 aromatic carbocycles. The number of furan rings is 1. The van der Waals surface area contributed by atoms with E-state index in [-0.39, 0.29) is 11.4 Å². The van der Waals surface area contributed by atoms with Crippen LogP contribution in [-0.4, -0.2) is 19.9 Å². The van der Waals surface area contributed by atoms with Crippen LogP contribution in [0, 0.1) is 13.8 Å². The van der Waals surface area contributed by atoms with Crippen molar-refractivity contribution in [3.05, 3.63) is 47.2 Å². The van der Waals surface area contributed by atoms with Gasteiger partial charge in [-0.15, -0.1) is 0 Å². The molecule has 3 N–H and O–H groups in total. The molecular weight excluding hydrogens is 290 g/mol. The molecule has 114 valence electrons. The molecule has 21 heavy (non-hydrogen) atoms. The van der Waals surface area contributed by atoms with E-state index >= 15 is 0 Å². The summed E-state index contributed by atoms with van der Waals surface area (Å²) in [5, 5.41) is 0. The summed E-state index contributed by atoms with van der Waals surface area (Å²) in [7, 11) is -3.63. The Bertz CT molecular complexity index is 709. The lowest BCUT2D eigenvalue weighted by Gasteiger charge is -2.07. The second-order valence-electron chi connectivity index (χ2n) is 4.74. The fraction of sp³-hybridized carbons (Fsp3) is 0.357. The van der Waals surface area contributed by atoms with Crippen LogP contribution in [-0.2, 0) is 23.0 Å². The van der Waals surface area contributed by atoms with E-state index in [2.05, 4.69) is 9.71 Å². The van der Waals surface area contributed by atoms with Crippen LogP contribution in [0.3, 0.4) is 0 Å². The van der Waals surface area contributed by atoms with Crippen LogP contribution in [0.2, 0.25) is 0 Å². The lowest BCUT2D eigenvalue weighted by Crippen LogP contribution is -2.27. The van der Waals surface area contributed by atoms with Gasteiger partial charge >= 0.3 is 0 Å². The highest BCUT2D eigenvalue weighted by molar-refractivity contribution is 7.89. The summed E-state index contributed by atoms with van der Waals surface area (Å²) in [5.41, 5.74) is 7.12. The minimum Gasteiger partial charge on any atom is -0.465 e. The van der Waals surface area contributed by atoms with Gasteiger partial charge in [-0.25, -0.2) is 13.1 Å².